The average molecular weight is 372 g/mol. The second-order valence-electron chi connectivity index (χ2n) is 5.34. The molecule has 3 heterocycles. The zero-order valence-electron chi connectivity index (χ0n) is 13.5. The van der Waals surface area contributed by atoms with Crippen molar-refractivity contribution in [2.24, 2.45) is 0 Å². The van der Waals surface area contributed by atoms with Crippen LogP contribution in [0.1, 0.15) is 5.69 Å². The number of thiazole rings is 1. The number of benzene rings is 1. The first-order valence-electron chi connectivity index (χ1n) is 7.52. The Morgan fingerprint density at radius 1 is 1.28 bits per heavy atom. The van der Waals surface area contributed by atoms with E-state index in [0.29, 0.717) is 10.8 Å². The van der Waals surface area contributed by atoms with E-state index in [1.807, 2.05) is 41.1 Å². The van der Waals surface area contributed by atoms with Crippen LogP contribution in [0.5, 0.6) is 5.75 Å². The van der Waals surface area contributed by atoms with Crippen LogP contribution < -0.4 is 10.1 Å². The molecule has 0 amide bonds. The van der Waals surface area contributed by atoms with Gasteiger partial charge in [0, 0.05) is 23.8 Å². The van der Waals surface area contributed by atoms with Gasteiger partial charge in [-0.2, -0.15) is 0 Å². The Bertz CT molecular complexity index is 1060. The Kier molecular flexibility index (Phi) is 4.03. The lowest BCUT2D eigenvalue weighted by Crippen LogP contribution is -1.94. The molecule has 3 aromatic heterocycles. The van der Waals surface area contributed by atoms with E-state index in [1.165, 1.54) is 11.3 Å². The summed E-state index contributed by atoms with van der Waals surface area (Å²) >= 11 is 7.75. The molecule has 0 atom stereocenters. The Morgan fingerprint density at radius 2 is 2.16 bits per heavy atom. The van der Waals surface area contributed by atoms with Gasteiger partial charge in [-0.15, -0.1) is 11.3 Å². The molecule has 0 fully saturated rings. The molecule has 0 unspecified atom stereocenters. The van der Waals surface area contributed by atoms with Crippen LogP contribution in [0.15, 0.2) is 42.0 Å². The highest BCUT2D eigenvalue weighted by Crippen LogP contribution is 2.33. The molecular formula is C17H14ClN5OS. The van der Waals surface area contributed by atoms with Crippen LogP contribution in [0.4, 0.5) is 10.8 Å². The van der Waals surface area contributed by atoms with Gasteiger partial charge in [0.05, 0.1) is 29.2 Å². The molecular weight excluding hydrogens is 358 g/mol. The van der Waals surface area contributed by atoms with Crippen molar-refractivity contribution in [3.8, 4) is 17.1 Å². The van der Waals surface area contributed by atoms with Crippen molar-refractivity contribution >= 4 is 39.5 Å². The number of rotatable bonds is 4. The molecule has 0 aliphatic carbocycles. The van der Waals surface area contributed by atoms with Gasteiger partial charge in [-0.25, -0.2) is 15.0 Å². The summed E-state index contributed by atoms with van der Waals surface area (Å²) in [5.74, 6) is 1.39. The van der Waals surface area contributed by atoms with E-state index in [1.54, 1.807) is 19.4 Å². The minimum atomic E-state index is 0.604. The first kappa shape index (κ1) is 15.9. The van der Waals surface area contributed by atoms with E-state index in [-0.39, 0.29) is 0 Å². The number of methoxy groups -OCH3 is 1. The number of imidazole rings is 1. The molecule has 0 saturated carbocycles. The number of aromatic nitrogens is 4. The van der Waals surface area contributed by atoms with E-state index in [0.717, 1.165) is 33.7 Å². The molecule has 0 bridgehead atoms. The summed E-state index contributed by atoms with van der Waals surface area (Å²) < 4.78 is 7.18. The molecule has 6 nitrogen and oxygen atoms in total. The lowest BCUT2D eigenvalue weighted by molar-refractivity contribution is 0.415. The van der Waals surface area contributed by atoms with E-state index in [2.05, 4.69) is 20.3 Å². The van der Waals surface area contributed by atoms with Crippen molar-refractivity contribution in [3.05, 3.63) is 52.8 Å². The topological polar surface area (TPSA) is 64.3 Å². The highest BCUT2D eigenvalue weighted by atomic mass is 35.5. The molecule has 0 aliphatic rings. The Labute approximate surface area is 153 Å². The zero-order chi connectivity index (χ0) is 17.4. The lowest BCUT2D eigenvalue weighted by Gasteiger charge is -2.07. The number of fused-ring (bicyclic) bond motifs is 1. The van der Waals surface area contributed by atoms with Crippen molar-refractivity contribution < 1.29 is 4.74 Å². The van der Waals surface area contributed by atoms with Gasteiger partial charge in [-0.1, -0.05) is 11.6 Å². The quantitative estimate of drug-likeness (QED) is 0.569. The number of nitrogens with zero attached hydrogens (tertiary/aromatic N) is 4. The minimum Gasteiger partial charge on any atom is -0.497 e. The summed E-state index contributed by atoms with van der Waals surface area (Å²) in [6.07, 6.45) is 3.66. The van der Waals surface area contributed by atoms with Crippen LogP contribution in [-0.2, 0) is 0 Å². The number of nitrogens with one attached hydrogen (secondary N) is 1. The van der Waals surface area contributed by atoms with Crippen molar-refractivity contribution in [2.75, 3.05) is 12.4 Å². The van der Waals surface area contributed by atoms with Gasteiger partial charge in [0.1, 0.15) is 11.4 Å². The van der Waals surface area contributed by atoms with Crippen LogP contribution in [0.25, 0.3) is 17.2 Å². The number of hydrogen-bond donors (Lipinski definition) is 1. The van der Waals surface area contributed by atoms with Crippen LogP contribution >= 0.6 is 22.9 Å². The Balaban J connectivity index is 1.70. The summed E-state index contributed by atoms with van der Waals surface area (Å²) in [6.45, 7) is 1.95. The highest BCUT2D eigenvalue weighted by Gasteiger charge is 2.15. The highest BCUT2D eigenvalue weighted by molar-refractivity contribution is 7.14. The van der Waals surface area contributed by atoms with Crippen molar-refractivity contribution in [1.29, 1.82) is 0 Å². The molecule has 126 valence electrons. The zero-order valence-corrected chi connectivity index (χ0v) is 15.1. The molecule has 4 aromatic rings. The molecule has 1 aromatic carbocycles. The predicted octanol–water partition coefficient (Wildman–Crippen LogP) is 4.57. The second kappa shape index (κ2) is 6.34. The maximum absolute atomic E-state index is 6.25. The summed E-state index contributed by atoms with van der Waals surface area (Å²) in [7, 11) is 1.62. The van der Waals surface area contributed by atoms with Gasteiger partial charge >= 0.3 is 0 Å². The van der Waals surface area contributed by atoms with Gasteiger partial charge in [0.25, 0.3) is 0 Å². The maximum Gasteiger partial charge on any atom is 0.234 e. The fourth-order valence-electron chi connectivity index (χ4n) is 2.59. The first-order chi connectivity index (χ1) is 12.2. The third-order valence-electron chi connectivity index (χ3n) is 3.74. The number of hydrogen-bond acceptors (Lipinski definition) is 6. The van der Waals surface area contributed by atoms with E-state index >= 15 is 0 Å². The lowest BCUT2D eigenvalue weighted by atomic mass is 10.3. The maximum atomic E-state index is 6.25. The van der Waals surface area contributed by atoms with Crippen LogP contribution in [0.3, 0.4) is 0 Å². The molecule has 0 spiro atoms. The molecule has 4 rings (SSSR count). The Morgan fingerprint density at radius 3 is 3.00 bits per heavy atom. The fraction of sp³-hybridized carbons (Fsp3) is 0.118. The standard InChI is InChI=1S/C17H14ClN5OS/c1-10-15(23-7-3-6-19-16(23)20-10)14-9-25-17(22-14)21-13-8-11(24-2)4-5-12(13)18/h3-9H,1-2H3,(H,21,22). The molecule has 8 heteroatoms. The minimum absolute atomic E-state index is 0.604. The largest absolute Gasteiger partial charge is 0.497 e. The van der Waals surface area contributed by atoms with Gasteiger partial charge in [0.2, 0.25) is 5.78 Å². The first-order valence-corrected chi connectivity index (χ1v) is 8.77. The number of halogens is 1. The van der Waals surface area contributed by atoms with Gasteiger partial charge in [-0.3, -0.25) is 4.40 Å². The van der Waals surface area contributed by atoms with Gasteiger partial charge in [0.15, 0.2) is 5.13 Å². The summed E-state index contributed by atoms with van der Waals surface area (Å²) in [4.78, 5) is 13.4. The van der Waals surface area contributed by atoms with Crippen molar-refractivity contribution in [1.82, 2.24) is 19.4 Å². The average Bonchev–Trinajstić information content (AvgIpc) is 3.19. The van der Waals surface area contributed by atoms with Gasteiger partial charge < -0.3 is 10.1 Å². The summed E-state index contributed by atoms with van der Waals surface area (Å²) in [5, 5.41) is 6.58. The third kappa shape index (κ3) is 2.92. The summed E-state index contributed by atoms with van der Waals surface area (Å²) in [6, 6.07) is 7.32. The molecule has 1 N–H and O–H groups in total. The molecule has 0 saturated heterocycles. The number of aryl methyl sites for hydroxylation is 1. The Hall–Kier alpha value is -2.64. The monoisotopic (exact) mass is 371 g/mol. The van der Waals surface area contributed by atoms with Crippen LogP contribution in [-0.4, -0.2) is 26.5 Å². The predicted molar refractivity (Wildman–Crippen MR) is 100 cm³/mol. The molecule has 0 radical (unpaired) electrons. The SMILES string of the molecule is COc1ccc(Cl)c(Nc2nc(-c3c(C)nc4ncccn34)cs2)c1. The van der Waals surface area contributed by atoms with Crippen molar-refractivity contribution in [3.63, 3.8) is 0 Å². The van der Waals surface area contributed by atoms with Crippen LogP contribution in [0.2, 0.25) is 5.02 Å². The second-order valence-corrected chi connectivity index (χ2v) is 6.61. The number of ether oxygens (including phenoxy) is 1. The van der Waals surface area contributed by atoms with E-state index < -0.39 is 0 Å². The van der Waals surface area contributed by atoms with E-state index in [9.17, 15) is 0 Å². The molecule has 25 heavy (non-hydrogen) atoms. The summed E-state index contributed by atoms with van der Waals surface area (Å²) in [5.41, 5.74) is 3.40. The van der Waals surface area contributed by atoms with Crippen molar-refractivity contribution in [2.45, 2.75) is 6.92 Å². The normalized spacial score (nSPS) is 11.0. The van der Waals surface area contributed by atoms with E-state index in [4.69, 9.17) is 16.3 Å². The smallest absolute Gasteiger partial charge is 0.234 e. The number of anilines is 2. The molecule has 0 aliphatic heterocycles. The third-order valence-corrected chi connectivity index (χ3v) is 4.83. The fourth-order valence-corrected chi connectivity index (χ4v) is 3.46. The van der Waals surface area contributed by atoms with Crippen LogP contribution in [0, 0.1) is 6.92 Å². The van der Waals surface area contributed by atoms with Gasteiger partial charge in [-0.05, 0) is 25.1 Å².